The molecule has 0 rings (SSSR count). The minimum atomic E-state index is -4.40. The number of hydrogen-bond acceptors (Lipinski definition) is 4. The number of aliphatic hydroxyl groups excluding tert-OH is 1. The molecule has 0 spiro atoms. The molecule has 4 nitrogen and oxygen atoms in total. The molecule has 0 aromatic carbocycles. The first kappa shape index (κ1) is 24.1. The summed E-state index contributed by atoms with van der Waals surface area (Å²) in [5.74, 6) is 0. The van der Waals surface area contributed by atoms with Crippen LogP contribution in [0, 0.1) is 0 Å². The molecule has 0 aliphatic rings. The molecule has 0 saturated carbocycles. The first-order valence-electron chi connectivity index (χ1n) is 8.06. The number of unbranched alkanes of at least 4 members (excludes halogenated alkanes) is 7. The van der Waals surface area contributed by atoms with Crippen LogP contribution in [0.1, 0.15) is 84.5 Å². The summed E-state index contributed by atoms with van der Waals surface area (Å²) in [4.78, 5) is 0. The van der Waals surface area contributed by atoms with Gasteiger partial charge in [0.2, 0.25) is 0 Å². The Morgan fingerprint density at radius 1 is 0.857 bits per heavy atom. The Hall–Kier alpha value is 0.870. The zero-order valence-electron chi connectivity index (χ0n) is 14.0. The van der Waals surface area contributed by atoms with Crippen LogP contribution in [0.25, 0.3) is 0 Å². The first-order valence-corrected chi connectivity index (χ1v) is 9.53. The summed E-state index contributed by atoms with van der Waals surface area (Å²) < 4.78 is 33.8. The molecular formula is C15H31NaO4S. The Kier molecular flexibility index (Phi) is 16.6. The number of aliphatic hydroxyl groups is 1. The molecule has 0 aromatic rings. The van der Waals surface area contributed by atoms with Crippen molar-refractivity contribution in [1.82, 2.24) is 0 Å². The Morgan fingerprint density at radius 3 is 1.81 bits per heavy atom. The van der Waals surface area contributed by atoms with Crippen LogP contribution in [-0.4, -0.2) is 29.4 Å². The fraction of sp³-hybridized carbons (Fsp3) is 1.00. The van der Waals surface area contributed by atoms with Crippen LogP contribution >= 0.6 is 0 Å². The second kappa shape index (κ2) is 14.5. The van der Waals surface area contributed by atoms with E-state index in [-0.39, 0.29) is 29.6 Å². The molecule has 2 unspecified atom stereocenters. The van der Waals surface area contributed by atoms with Gasteiger partial charge in [-0.05, 0) is 12.8 Å². The molecule has 0 amide bonds. The third kappa shape index (κ3) is 13.0. The van der Waals surface area contributed by atoms with E-state index >= 15 is 0 Å². The summed E-state index contributed by atoms with van der Waals surface area (Å²) in [6, 6.07) is 0. The van der Waals surface area contributed by atoms with Crippen molar-refractivity contribution >= 4 is 10.1 Å². The predicted molar refractivity (Wildman–Crippen MR) is 81.6 cm³/mol. The van der Waals surface area contributed by atoms with Gasteiger partial charge in [0.25, 0.3) is 0 Å². The molecule has 0 aromatic heterocycles. The van der Waals surface area contributed by atoms with Gasteiger partial charge in [0.05, 0.1) is 11.4 Å². The van der Waals surface area contributed by atoms with E-state index in [1.807, 2.05) is 6.92 Å². The minimum Gasteiger partial charge on any atom is -0.748 e. The van der Waals surface area contributed by atoms with Crippen molar-refractivity contribution in [2.45, 2.75) is 95.8 Å². The normalized spacial score (nSPS) is 14.5. The van der Waals surface area contributed by atoms with E-state index in [1.54, 1.807) is 0 Å². The van der Waals surface area contributed by atoms with Gasteiger partial charge in [0.1, 0.15) is 10.1 Å². The topological polar surface area (TPSA) is 77.4 Å². The van der Waals surface area contributed by atoms with E-state index in [4.69, 9.17) is 0 Å². The molecule has 122 valence electrons. The fourth-order valence-corrected chi connectivity index (χ4v) is 3.42. The molecule has 2 atom stereocenters. The van der Waals surface area contributed by atoms with Crippen molar-refractivity contribution in [3.8, 4) is 0 Å². The Bertz CT molecular complexity index is 320. The summed E-state index contributed by atoms with van der Waals surface area (Å²) in [6.07, 6.45) is 8.71. The first-order chi connectivity index (χ1) is 9.43. The third-order valence-electron chi connectivity index (χ3n) is 3.75. The maximum Gasteiger partial charge on any atom is 1.00 e. The fourth-order valence-electron chi connectivity index (χ4n) is 2.44. The van der Waals surface area contributed by atoms with Crippen LogP contribution in [-0.2, 0) is 10.1 Å². The smallest absolute Gasteiger partial charge is 0.748 e. The zero-order valence-corrected chi connectivity index (χ0v) is 16.8. The minimum absolute atomic E-state index is 0. The van der Waals surface area contributed by atoms with E-state index in [2.05, 4.69) is 6.92 Å². The maximum absolute atomic E-state index is 11.3. The molecule has 0 fully saturated rings. The number of rotatable bonds is 13. The van der Waals surface area contributed by atoms with Gasteiger partial charge >= 0.3 is 29.6 Å². The summed E-state index contributed by atoms with van der Waals surface area (Å²) in [6.45, 7) is 4.19. The molecule has 0 heterocycles. The molecule has 21 heavy (non-hydrogen) atoms. The van der Waals surface area contributed by atoms with Crippen LogP contribution < -0.4 is 29.6 Å². The van der Waals surface area contributed by atoms with Gasteiger partial charge in [-0.25, -0.2) is 8.42 Å². The molecule has 0 aliphatic heterocycles. The van der Waals surface area contributed by atoms with Crippen molar-refractivity contribution in [3.05, 3.63) is 0 Å². The average molecular weight is 330 g/mol. The van der Waals surface area contributed by atoms with Crippen molar-refractivity contribution in [1.29, 1.82) is 0 Å². The monoisotopic (exact) mass is 330 g/mol. The van der Waals surface area contributed by atoms with Crippen molar-refractivity contribution < 1.29 is 47.6 Å². The van der Waals surface area contributed by atoms with Gasteiger partial charge in [0.15, 0.2) is 0 Å². The van der Waals surface area contributed by atoms with E-state index in [9.17, 15) is 18.1 Å². The SMILES string of the molecule is CCCCCCCCC(C(O)CCCCC)S(=O)(=O)[O-].[Na+]. The molecule has 0 bridgehead atoms. The Balaban J connectivity index is 0. The van der Waals surface area contributed by atoms with Crippen molar-refractivity contribution in [2.24, 2.45) is 0 Å². The van der Waals surface area contributed by atoms with Crippen LogP contribution in [0.15, 0.2) is 0 Å². The van der Waals surface area contributed by atoms with Gasteiger partial charge in [-0.2, -0.15) is 0 Å². The second-order valence-corrected chi connectivity index (χ2v) is 7.24. The average Bonchev–Trinajstić information content (AvgIpc) is 2.36. The molecule has 0 aliphatic carbocycles. The Labute approximate surface area is 153 Å². The second-order valence-electron chi connectivity index (χ2n) is 5.65. The van der Waals surface area contributed by atoms with Gasteiger partial charge in [0, 0.05) is 0 Å². The van der Waals surface area contributed by atoms with Gasteiger partial charge in [-0.15, -0.1) is 0 Å². The van der Waals surface area contributed by atoms with Crippen LogP contribution in [0.3, 0.4) is 0 Å². The van der Waals surface area contributed by atoms with Crippen LogP contribution in [0.2, 0.25) is 0 Å². The standard InChI is InChI=1S/C15H32O4S.Na/c1-3-5-7-8-9-11-13-15(20(17,18)19)14(16)12-10-6-4-2;/h14-16H,3-13H2,1-2H3,(H,17,18,19);/q;+1/p-1. The quantitative estimate of drug-likeness (QED) is 0.305. The predicted octanol–water partition coefficient (Wildman–Crippen LogP) is 0.596. The Morgan fingerprint density at radius 2 is 1.29 bits per heavy atom. The van der Waals surface area contributed by atoms with E-state index in [1.165, 1.54) is 12.8 Å². The zero-order chi connectivity index (χ0) is 15.4. The molecule has 0 radical (unpaired) electrons. The molecule has 6 heteroatoms. The van der Waals surface area contributed by atoms with Crippen molar-refractivity contribution in [2.75, 3.05) is 0 Å². The van der Waals surface area contributed by atoms with Crippen LogP contribution in [0.4, 0.5) is 0 Å². The largest absolute Gasteiger partial charge is 1.00 e. The molecule has 1 N–H and O–H groups in total. The summed E-state index contributed by atoms with van der Waals surface area (Å²) in [5, 5.41) is 8.81. The van der Waals surface area contributed by atoms with Crippen molar-refractivity contribution in [3.63, 3.8) is 0 Å². The summed E-state index contributed by atoms with van der Waals surface area (Å²) in [7, 11) is -4.40. The van der Waals surface area contributed by atoms with Gasteiger partial charge in [-0.1, -0.05) is 71.6 Å². The van der Waals surface area contributed by atoms with E-state index in [0.717, 1.165) is 38.5 Å². The summed E-state index contributed by atoms with van der Waals surface area (Å²) >= 11 is 0. The van der Waals surface area contributed by atoms with Gasteiger partial charge < -0.3 is 9.66 Å². The summed E-state index contributed by atoms with van der Waals surface area (Å²) in [5.41, 5.74) is 0. The number of hydrogen-bond donors (Lipinski definition) is 1. The van der Waals surface area contributed by atoms with Gasteiger partial charge in [-0.3, -0.25) is 0 Å². The van der Waals surface area contributed by atoms with E-state index in [0.29, 0.717) is 19.3 Å². The third-order valence-corrected chi connectivity index (χ3v) is 5.04. The van der Waals surface area contributed by atoms with Crippen LogP contribution in [0.5, 0.6) is 0 Å². The molecule has 0 saturated heterocycles. The van der Waals surface area contributed by atoms with E-state index < -0.39 is 21.5 Å². The molecular weight excluding hydrogens is 299 g/mol. The maximum atomic E-state index is 11.3.